The van der Waals surface area contributed by atoms with Gasteiger partial charge in [0, 0.05) is 12.6 Å². The van der Waals surface area contributed by atoms with E-state index in [1.165, 1.54) is 0 Å². The summed E-state index contributed by atoms with van der Waals surface area (Å²) in [5, 5.41) is 2.51. The van der Waals surface area contributed by atoms with Gasteiger partial charge in [-0.05, 0) is 30.7 Å². The monoisotopic (exact) mass is 251 g/mol. The quantitative estimate of drug-likeness (QED) is 0.695. The van der Waals surface area contributed by atoms with Crippen LogP contribution in [0.2, 0.25) is 0 Å². The maximum Gasteiger partial charge on any atom is 0.251 e. The first-order chi connectivity index (χ1) is 8.61. The fraction of sp³-hybridized carbons (Fsp3) is 0.333. The fourth-order valence-electron chi connectivity index (χ4n) is 1.51. The number of anilines is 1. The minimum Gasteiger partial charge on any atom is -0.355 e. The molecule has 0 aromatic heterocycles. The van der Waals surface area contributed by atoms with Crippen molar-refractivity contribution in [2.75, 3.05) is 12.5 Å². The lowest BCUT2D eigenvalue weighted by molar-refractivity contribution is -0.122. The molecule has 0 spiro atoms. The highest BCUT2D eigenvalue weighted by Gasteiger charge is 2.43. The van der Waals surface area contributed by atoms with E-state index in [1.54, 1.807) is 31.3 Å². The Kier molecular flexibility index (Phi) is 3.45. The Bertz CT molecular complexity index is 461. The summed E-state index contributed by atoms with van der Waals surface area (Å²) in [6, 6.07) is 6.57. The first-order valence-electron chi connectivity index (χ1n) is 5.64. The van der Waals surface area contributed by atoms with Crippen LogP contribution in [-0.2, 0) is 4.79 Å². The van der Waals surface area contributed by atoms with Gasteiger partial charge in [0.05, 0.1) is 11.6 Å². The number of alkyl halides is 1. The van der Waals surface area contributed by atoms with Crippen LogP contribution < -0.4 is 16.2 Å². The molecule has 3 N–H and O–H groups in total. The van der Waals surface area contributed by atoms with Crippen LogP contribution in [0.25, 0.3) is 0 Å². The molecule has 2 amide bonds. The fourth-order valence-corrected chi connectivity index (χ4v) is 1.51. The highest BCUT2D eigenvalue weighted by atomic mass is 19.1. The molecule has 5 nitrogen and oxygen atoms in total. The SMILES string of the molecule is CNC(=O)c1ccc(NNC(=O)[C@@H]2C[C@@H]2F)cc1. The highest BCUT2D eigenvalue weighted by Crippen LogP contribution is 2.33. The Hall–Kier alpha value is -2.11. The largest absolute Gasteiger partial charge is 0.355 e. The minimum absolute atomic E-state index is 0.177. The van der Waals surface area contributed by atoms with Crippen LogP contribution in [-0.4, -0.2) is 25.0 Å². The Morgan fingerprint density at radius 2 is 1.89 bits per heavy atom. The Morgan fingerprint density at radius 3 is 2.39 bits per heavy atom. The number of hydrogen-bond acceptors (Lipinski definition) is 3. The molecule has 1 aromatic rings. The number of halogens is 1. The summed E-state index contributed by atoms with van der Waals surface area (Å²) >= 11 is 0. The van der Waals surface area contributed by atoms with Crippen molar-refractivity contribution in [3.63, 3.8) is 0 Å². The molecule has 0 unspecified atom stereocenters. The smallest absolute Gasteiger partial charge is 0.251 e. The van der Waals surface area contributed by atoms with Gasteiger partial charge >= 0.3 is 0 Å². The van der Waals surface area contributed by atoms with E-state index in [1.807, 2.05) is 0 Å². The van der Waals surface area contributed by atoms with E-state index < -0.39 is 12.1 Å². The van der Waals surface area contributed by atoms with Gasteiger partial charge in [0.15, 0.2) is 0 Å². The van der Waals surface area contributed by atoms with E-state index >= 15 is 0 Å². The van der Waals surface area contributed by atoms with Crippen LogP contribution >= 0.6 is 0 Å². The number of benzene rings is 1. The molecule has 0 saturated heterocycles. The zero-order valence-electron chi connectivity index (χ0n) is 9.87. The lowest BCUT2D eigenvalue weighted by Gasteiger charge is -2.08. The Labute approximate surface area is 104 Å². The predicted octanol–water partition coefficient (Wildman–Crippen LogP) is 0.847. The molecule has 1 aromatic carbocycles. The van der Waals surface area contributed by atoms with Gasteiger partial charge in [-0.25, -0.2) is 4.39 Å². The molecule has 18 heavy (non-hydrogen) atoms. The maximum atomic E-state index is 12.6. The molecule has 0 radical (unpaired) electrons. The summed E-state index contributed by atoms with van der Waals surface area (Å²) in [4.78, 5) is 22.6. The second-order valence-electron chi connectivity index (χ2n) is 4.13. The average Bonchev–Trinajstić information content (AvgIpc) is 3.13. The lowest BCUT2D eigenvalue weighted by Crippen LogP contribution is -2.31. The van der Waals surface area contributed by atoms with E-state index in [0.717, 1.165) is 0 Å². The summed E-state index contributed by atoms with van der Waals surface area (Å²) in [7, 11) is 1.55. The van der Waals surface area contributed by atoms with E-state index in [-0.39, 0.29) is 11.8 Å². The number of carbonyl (C=O) groups excluding carboxylic acids is 2. The second kappa shape index (κ2) is 5.03. The summed E-state index contributed by atoms with van der Waals surface area (Å²) < 4.78 is 12.6. The van der Waals surface area contributed by atoms with Crippen molar-refractivity contribution in [3.05, 3.63) is 29.8 Å². The molecule has 0 bridgehead atoms. The van der Waals surface area contributed by atoms with Crippen molar-refractivity contribution in [1.82, 2.24) is 10.7 Å². The third-order valence-electron chi connectivity index (χ3n) is 2.75. The molecule has 6 heteroatoms. The van der Waals surface area contributed by atoms with E-state index in [9.17, 15) is 14.0 Å². The van der Waals surface area contributed by atoms with Gasteiger partial charge < -0.3 is 5.32 Å². The van der Waals surface area contributed by atoms with Gasteiger partial charge in [0.25, 0.3) is 5.91 Å². The molecule has 0 heterocycles. The Balaban J connectivity index is 1.86. The number of hydrazine groups is 1. The number of hydrogen-bond donors (Lipinski definition) is 3. The van der Waals surface area contributed by atoms with Crippen molar-refractivity contribution < 1.29 is 14.0 Å². The third kappa shape index (κ3) is 2.77. The number of rotatable bonds is 4. The van der Waals surface area contributed by atoms with Crippen LogP contribution in [0.1, 0.15) is 16.8 Å². The summed E-state index contributed by atoms with van der Waals surface area (Å²) in [6.45, 7) is 0. The topological polar surface area (TPSA) is 70.2 Å². The van der Waals surface area contributed by atoms with Crippen LogP contribution in [0.4, 0.5) is 10.1 Å². The van der Waals surface area contributed by atoms with Gasteiger partial charge in [-0.1, -0.05) is 0 Å². The van der Waals surface area contributed by atoms with Crippen molar-refractivity contribution in [3.8, 4) is 0 Å². The molecule has 1 saturated carbocycles. The normalized spacial score (nSPS) is 21.0. The van der Waals surface area contributed by atoms with Crippen molar-refractivity contribution in [2.24, 2.45) is 5.92 Å². The summed E-state index contributed by atoms with van der Waals surface area (Å²) in [5.41, 5.74) is 6.26. The van der Waals surface area contributed by atoms with Crippen LogP contribution in [0.3, 0.4) is 0 Å². The molecule has 1 fully saturated rings. The van der Waals surface area contributed by atoms with Crippen molar-refractivity contribution in [2.45, 2.75) is 12.6 Å². The zero-order valence-corrected chi connectivity index (χ0v) is 9.87. The average molecular weight is 251 g/mol. The highest BCUT2D eigenvalue weighted by molar-refractivity contribution is 5.94. The van der Waals surface area contributed by atoms with E-state index in [2.05, 4.69) is 16.2 Å². The van der Waals surface area contributed by atoms with Gasteiger partial charge in [0.1, 0.15) is 6.17 Å². The molecule has 2 rings (SSSR count). The molecule has 1 aliphatic rings. The molecular weight excluding hydrogens is 237 g/mol. The van der Waals surface area contributed by atoms with E-state index in [0.29, 0.717) is 17.7 Å². The molecule has 96 valence electrons. The predicted molar refractivity (Wildman–Crippen MR) is 64.6 cm³/mol. The van der Waals surface area contributed by atoms with Gasteiger partial charge in [-0.2, -0.15) is 0 Å². The third-order valence-corrected chi connectivity index (χ3v) is 2.75. The molecular formula is C12H14FN3O2. The van der Waals surface area contributed by atoms with Crippen molar-refractivity contribution >= 4 is 17.5 Å². The van der Waals surface area contributed by atoms with Crippen LogP contribution in [0.15, 0.2) is 24.3 Å². The van der Waals surface area contributed by atoms with Crippen LogP contribution in [0.5, 0.6) is 0 Å². The number of carbonyl (C=O) groups is 2. The number of nitrogens with one attached hydrogen (secondary N) is 3. The molecule has 0 aliphatic heterocycles. The zero-order chi connectivity index (χ0) is 13.1. The molecule has 2 atom stereocenters. The van der Waals surface area contributed by atoms with Gasteiger partial charge in [-0.3, -0.25) is 20.4 Å². The van der Waals surface area contributed by atoms with Gasteiger partial charge in [-0.15, -0.1) is 0 Å². The molecule has 1 aliphatic carbocycles. The summed E-state index contributed by atoms with van der Waals surface area (Å²) in [6.07, 6.45) is -0.717. The lowest BCUT2D eigenvalue weighted by atomic mass is 10.2. The van der Waals surface area contributed by atoms with Crippen molar-refractivity contribution in [1.29, 1.82) is 0 Å². The van der Waals surface area contributed by atoms with Crippen LogP contribution in [0, 0.1) is 5.92 Å². The van der Waals surface area contributed by atoms with E-state index in [4.69, 9.17) is 0 Å². The minimum atomic E-state index is -1.01. The first kappa shape index (κ1) is 12.3. The first-order valence-corrected chi connectivity index (χ1v) is 5.64. The van der Waals surface area contributed by atoms with Gasteiger partial charge in [0.2, 0.25) is 5.91 Å². The second-order valence-corrected chi connectivity index (χ2v) is 4.13. The maximum absolute atomic E-state index is 12.6. The number of amides is 2. The summed E-state index contributed by atoms with van der Waals surface area (Å²) in [5.74, 6) is -1.05. The standard InChI is InChI=1S/C12H14FN3O2/c1-14-11(17)7-2-4-8(5-3-7)15-16-12(18)9-6-10(9)13/h2-5,9-10,15H,6H2,1H3,(H,14,17)(H,16,18)/t9-,10+/m1/s1. The Morgan fingerprint density at radius 1 is 1.28 bits per heavy atom.